The Labute approximate surface area is 113 Å². The van der Waals surface area contributed by atoms with E-state index < -0.39 is 0 Å². The number of unbranched alkanes of at least 4 members (excludes halogenated alkanes) is 2. The molecule has 0 aliphatic rings. The van der Waals surface area contributed by atoms with Crippen LogP contribution in [0.15, 0.2) is 10.6 Å². The maximum absolute atomic E-state index is 11.8. The van der Waals surface area contributed by atoms with E-state index in [9.17, 15) is 4.79 Å². The normalized spacial score (nSPS) is 10.9. The van der Waals surface area contributed by atoms with E-state index in [2.05, 4.69) is 17.4 Å². The van der Waals surface area contributed by atoms with Gasteiger partial charge in [0.15, 0.2) is 5.82 Å². The van der Waals surface area contributed by atoms with Crippen LogP contribution in [0.2, 0.25) is 0 Å². The second kappa shape index (κ2) is 8.66. The predicted octanol–water partition coefficient (Wildman–Crippen LogP) is 1.41. The number of anilines is 1. The number of carbonyl (C=O) groups excluding carboxylic acids is 1. The molecule has 1 rings (SSSR count). The van der Waals surface area contributed by atoms with Gasteiger partial charge < -0.3 is 14.9 Å². The van der Waals surface area contributed by atoms with Gasteiger partial charge in [0.1, 0.15) is 5.76 Å². The molecule has 0 saturated heterocycles. The maximum atomic E-state index is 11.8. The molecule has 1 amide bonds. The number of nitrogens with zero attached hydrogens (tertiary/aromatic N) is 2. The summed E-state index contributed by atoms with van der Waals surface area (Å²) in [4.78, 5) is 13.8. The molecule has 0 bridgehead atoms. The number of amides is 1. The van der Waals surface area contributed by atoms with Crippen molar-refractivity contribution in [2.45, 2.75) is 33.1 Å². The van der Waals surface area contributed by atoms with Gasteiger partial charge in [-0.3, -0.25) is 9.69 Å². The Bertz CT molecular complexity index is 379. The lowest BCUT2D eigenvalue weighted by Gasteiger charge is -2.20. The second-order valence-electron chi connectivity index (χ2n) is 4.58. The highest BCUT2D eigenvalue weighted by atomic mass is 16.5. The van der Waals surface area contributed by atoms with Crippen LogP contribution >= 0.6 is 0 Å². The molecule has 0 aromatic carbocycles. The van der Waals surface area contributed by atoms with Crippen molar-refractivity contribution in [1.29, 1.82) is 0 Å². The first kappa shape index (κ1) is 15.7. The SMILES string of the molecule is CCCCCN(CCO)CC(=O)Nc1cc(C)on1. The molecule has 2 N–H and O–H groups in total. The fourth-order valence-electron chi connectivity index (χ4n) is 1.81. The summed E-state index contributed by atoms with van der Waals surface area (Å²) in [5, 5.41) is 15.4. The zero-order valence-electron chi connectivity index (χ0n) is 11.7. The summed E-state index contributed by atoms with van der Waals surface area (Å²) < 4.78 is 4.88. The van der Waals surface area contributed by atoms with E-state index in [0.717, 1.165) is 25.8 Å². The van der Waals surface area contributed by atoms with Gasteiger partial charge >= 0.3 is 0 Å². The Hall–Kier alpha value is -1.40. The molecular formula is C13H23N3O3. The highest BCUT2D eigenvalue weighted by molar-refractivity contribution is 5.91. The highest BCUT2D eigenvalue weighted by Gasteiger charge is 2.11. The van der Waals surface area contributed by atoms with Crippen molar-refractivity contribution < 1.29 is 14.4 Å². The lowest BCUT2D eigenvalue weighted by Crippen LogP contribution is -2.36. The average molecular weight is 269 g/mol. The summed E-state index contributed by atoms with van der Waals surface area (Å²) in [5.74, 6) is 0.948. The van der Waals surface area contributed by atoms with Crippen molar-refractivity contribution in [2.75, 3.05) is 31.6 Å². The van der Waals surface area contributed by atoms with Gasteiger partial charge in [-0.15, -0.1) is 0 Å². The van der Waals surface area contributed by atoms with Crippen LogP contribution in [-0.4, -0.2) is 47.3 Å². The molecule has 1 aromatic rings. The van der Waals surface area contributed by atoms with Gasteiger partial charge in [-0.25, -0.2) is 0 Å². The summed E-state index contributed by atoms with van der Waals surface area (Å²) in [6, 6.07) is 1.67. The number of hydrogen-bond donors (Lipinski definition) is 2. The van der Waals surface area contributed by atoms with Crippen LogP contribution in [0.1, 0.15) is 31.9 Å². The predicted molar refractivity (Wildman–Crippen MR) is 72.9 cm³/mol. The van der Waals surface area contributed by atoms with Crippen LogP contribution in [0, 0.1) is 6.92 Å². The van der Waals surface area contributed by atoms with Crippen molar-refractivity contribution in [2.24, 2.45) is 0 Å². The van der Waals surface area contributed by atoms with E-state index in [1.165, 1.54) is 0 Å². The Morgan fingerprint density at radius 1 is 1.47 bits per heavy atom. The molecule has 0 atom stereocenters. The first-order chi connectivity index (χ1) is 9.15. The van der Waals surface area contributed by atoms with E-state index >= 15 is 0 Å². The van der Waals surface area contributed by atoms with Gasteiger partial charge in [0.25, 0.3) is 0 Å². The van der Waals surface area contributed by atoms with Gasteiger partial charge in [-0.1, -0.05) is 24.9 Å². The lowest BCUT2D eigenvalue weighted by atomic mass is 10.2. The number of carbonyl (C=O) groups is 1. The third kappa shape index (κ3) is 6.35. The molecule has 1 aromatic heterocycles. The van der Waals surface area contributed by atoms with E-state index in [0.29, 0.717) is 18.1 Å². The summed E-state index contributed by atoms with van der Waals surface area (Å²) in [6.45, 7) is 5.55. The van der Waals surface area contributed by atoms with Crippen LogP contribution in [-0.2, 0) is 4.79 Å². The first-order valence-corrected chi connectivity index (χ1v) is 6.72. The molecule has 0 unspecified atom stereocenters. The third-order valence-corrected chi connectivity index (χ3v) is 2.76. The number of rotatable bonds is 9. The first-order valence-electron chi connectivity index (χ1n) is 6.72. The van der Waals surface area contributed by atoms with Crippen molar-refractivity contribution in [3.63, 3.8) is 0 Å². The number of hydrogen-bond acceptors (Lipinski definition) is 5. The van der Waals surface area contributed by atoms with Crippen molar-refractivity contribution in [1.82, 2.24) is 10.1 Å². The smallest absolute Gasteiger partial charge is 0.239 e. The van der Waals surface area contributed by atoms with Crippen LogP contribution in [0.5, 0.6) is 0 Å². The minimum Gasteiger partial charge on any atom is -0.395 e. The molecule has 108 valence electrons. The van der Waals surface area contributed by atoms with E-state index in [1.54, 1.807) is 13.0 Å². The molecule has 0 fully saturated rings. The number of aryl methyl sites for hydroxylation is 1. The Morgan fingerprint density at radius 3 is 2.84 bits per heavy atom. The van der Waals surface area contributed by atoms with Gasteiger partial charge in [0.2, 0.25) is 5.91 Å². The highest BCUT2D eigenvalue weighted by Crippen LogP contribution is 2.07. The average Bonchev–Trinajstić information content (AvgIpc) is 2.75. The zero-order chi connectivity index (χ0) is 14.1. The Morgan fingerprint density at radius 2 is 2.26 bits per heavy atom. The molecule has 19 heavy (non-hydrogen) atoms. The maximum Gasteiger partial charge on any atom is 0.239 e. The molecule has 1 heterocycles. The molecule has 6 heteroatoms. The standard InChI is InChI=1S/C13H23N3O3/c1-3-4-5-6-16(7-8-17)10-13(18)14-12-9-11(2)19-15-12/h9,17H,3-8,10H2,1-2H3,(H,14,15,18). The number of aliphatic hydroxyl groups excluding tert-OH is 1. The quantitative estimate of drug-likeness (QED) is 0.663. The van der Waals surface area contributed by atoms with Crippen molar-refractivity contribution in [3.8, 4) is 0 Å². The van der Waals surface area contributed by atoms with Crippen LogP contribution < -0.4 is 5.32 Å². The van der Waals surface area contributed by atoms with E-state index in [4.69, 9.17) is 9.63 Å². The van der Waals surface area contributed by atoms with E-state index in [-0.39, 0.29) is 19.1 Å². The van der Waals surface area contributed by atoms with Crippen molar-refractivity contribution in [3.05, 3.63) is 11.8 Å². The molecule has 0 aliphatic carbocycles. The monoisotopic (exact) mass is 269 g/mol. The summed E-state index contributed by atoms with van der Waals surface area (Å²) in [7, 11) is 0. The molecule has 0 radical (unpaired) electrons. The summed E-state index contributed by atoms with van der Waals surface area (Å²) in [5.41, 5.74) is 0. The fraction of sp³-hybridized carbons (Fsp3) is 0.692. The Balaban J connectivity index is 2.37. The second-order valence-corrected chi connectivity index (χ2v) is 4.58. The summed E-state index contributed by atoms with van der Waals surface area (Å²) in [6.07, 6.45) is 3.30. The molecule has 0 spiro atoms. The fourth-order valence-corrected chi connectivity index (χ4v) is 1.81. The number of aliphatic hydroxyl groups is 1. The molecule has 0 saturated carbocycles. The molecular weight excluding hydrogens is 246 g/mol. The minimum atomic E-state index is -0.141. The van der Waals surface area contributed by atoms with Crippen LogP contribution in [0.4, 0.5) is 5.82 Å². The van der Waals surface area contributed by atoms with Gasteiger partial charge in [0.05, 0.1) is 13.2 Å². The molecule has 0 aliphatic heterocycles. The van der Waals surface area contributed by atoms with Crippen LogP contribution in [0.25, 0.3) is 0 Å². The Kier molecular flexibility index (Phi) is 7.14. The topological polar surface area (TPSA) is 78.6 Å². The summed E-state index contributed by atoms with van der Waals surface area (Å²) >= 11 is 0. The van der Waals surface area contributed by atoms with Crippen LogP contribution in [0.3, 0.4) is 0 Å². The van der Waals surface area contributed by atoms with Gasteiger partial charge in [0, 0.05) is 12.6 Å². The zero-order valence-corrected chi connectivity index (χ0v) is 11.7. The van der Waals surface area contributed by atoms with Crippen molar-refractivity contribution >= 4 is 11.7 Å². The lowest BCUT2D eigenvalue weighted by molar-refractivity contribution is -0.117. The third-order valence-electron chi connectivity index (χ3n) is 2.76. The van der Waals surface area contributed by atoms with Gasteiger partial charge in [-0.05, 0) is 19.9 Å². The largest absolute Gasteiger partial charge is 0.395 e. The van der Waals surface area contributed by atoms with Gasteiger partial charge in [-0.2, -0.15) is 0 Å². The number of nitrogens with one attached hydrogen (secondary N) is 1. The van der Waals surface area contributed by atoms with E-state index in [1.807, 2.05) is 4.90 Å². The molecule has 6 nitrogen and oxygen atoms in total. The minimum absolute atomic E-state index is 0.0580. The number of aromatic nitrogens is 1.